The Morgan fingerprint density at radius 1 is 1.25 bits per heavy atom. The first-order chi connectivity index (χ1) is 9.65. The smallest absolute Gasteiger partial charge is 0.150 e. The molecule has 0 aliphatic heterocycles. The molecule has 0 aromatic heterocycles. The standard InChI is InChI=1S/C16H16N2OS/c1-3-20-16-6-4-5-14(12(16)10-17)19-15-8-7-11(2)9-13(15)18/h4-9H,3,18H2,1-2H3. The monoisotopic (exact) mass is 284 g/mol. The summed E-state index contributed by atoms with van der Waals surface area (Å²) in [6.45, 7) is 4.02. The lowest BCUT2D eigenvalue weighted by atomic mass is 10.2. The van der Waals surface area contributed by atoms with Gasteiger partial charge in [-0.2, -0.15) is 5.26 Å². The van der Waals surface area contributed by atoms with E-state index in [9.17, 15) is 5.26 Å². The van der Waals surface area contributed by atoms with Crippen molar-refractivity contribution in [3.05, 3.63) is 47.5 Å². The maximum Gasteiger partial charge on any atom is 0.150 e. The van der Waals surface area contributed by atoms with Crippen LogP contribution in [0.15, 0.2) is 41.3 Å². The van der Waals surface area contributed by atoms with Crippen LogP contribution in [0.3, 0.4) is 0 Å². The van der Waals surface area contributed by atoms with Gasteiger partial charge in [-0.1, -0.05) is 19.1 Å². The van der Waals surface area contributed by atoms with Crippen molar-refractivity contribution in [1.29, 1.82) is 5.26 Å². The molecule has 0 atom stereocenters. The zero-order chi connectivity index (χ0) is 14.5. The van der Waals surface area contributed by atoms with E-state index in [2.05, 4.69) is 13.0 Å². The van der Waals surface area contributed by atoms with Crippen LogP contribution in [0, 0.1) is 18.3 Å². The molecule has 0 radical (unpaired) electrons. The largest absolute Gasteiger partial charge is 0.454 e. The average Bonchev–Trinajstić information content (AvgIpc) is 2.42. The number of aryl methyl sites for hydroxylation is 1. The van der Waals surface area contributed by atoms with Crippen molar-refractivity contribution in [1.82, 2.24) is 0 Å². The predicted octanol–water partition coefficient (Wildman–Crippen LogP) is 4.35. The minimum absolute atomic E-state index is 0.543. The Bertz CT molecular complexity index is 662. The van der Waals surface area contributed by atoms with Gasteiger partial charge < -0.3 is 10.5 Å². The molecule has 102 valence electrons. The first kappa shape index (κ1) is 14.3. The van der Waals surface area contributed by atoms with Crippen LogP contribution in [0.1, 0.15) is 18.1 Å². The van der Waals surface area contributed by atoms with Crippen LogP contribution in [0.5, 0.6) is 11.5 Å². The van der Waals surface area contributed by atoms with E-state index in [1.807, 2.05) is 37.3 Å². The van der Waals surface area contributed by atoms with E-state index in [-0.39, 0.29) is 0 Å². The summed E-state index contributed by atoms with van der Waals surface area (Å²) in [5.41, 5.74) is 8.15. The Morgan fingerprint density at radius 2 is 2.05 bits per heavy atom. The van der Waals surface area contributed by atoms with E-state index < -0.39 is 0 Å². The van der Waals surface area contributed by atoms with Crippen LogP contribution < -0.4 is 10.5 Å². The number of nitrogens with zero attached hydrogens (tertiary/aromatic N) is 1. The fraction of sp³-hybridized carbons (Fsp3) is 0.188. The number of ether oxygens (including phenoxy) is 1. The number of benzene rings is 2. The summed E-state index contributed by atoms with van der Waals surface area (Å²) in [5, 5.41) is 9.34. The third-order valence-electron chi connectivity index (χ3n) is 2.78. The van der Waals surface area contributed by atoms with E-state index in [4.69, 9.17) is 10.5 Å². The van der Waals surface area contributed by atoms with Crippen molar-refractivity contribution in [2.24, 2.45) is 0 Å². The number of nitrogens with two attached hydrogens (primary N) is 1. The molecule has 0 aliphatic rings. The SMILES string of the molecule is CCSc1cccc(Oc2ccc(C)cc2N)c1C#N. The zero-order valence-corrected chi connectivity index (χ0v) is 12.3. The maximum atomic E-state index is 9.34. The second kappa shape index (κ2) is 6.36. The molecule has 20 heavy (non-hydrogen) atoms. The minimum Gasteiger partial charge on any atom is -0.454 e. The van der Waals surface area contributed by atoms with Gasteiger partial charge in [0.25, 0.3) is 0 Å². The lowest BCUT2D eigenvalue weighted by molar-refractivity contribution is 0.482. The Labute approximate surface area is 123 Å². The van der Waals surface area contributed by atoms with Gasteiger partial charge in [-0.25, -0.2) is 0 Å². The Morgan fingerprint density at radius 3 is 2.70 bits per heavy atom. The Hall–Kier alpha value is -2.12. The van der Waals surface area contributed by atoms with Crippen LogP contribution in [0.4, 0.5) is 5.69 Å². The van der Waals surface area contributed by atoms with Crippen molar-refractivity contribution >= 4 is 17.4 Å². The van der Waals surface area contributed by atoms with Crippen LogP contribution in [0.2, 0.25) is 0 Å². The van der Waals surface area contributed by atoms with E-state index in [0.29, 0.717) is 22.7 Å². The number of thioether (sulfide) groups is 1. The quantitative estimate of drug-likeness (QED) is 0.669. The fourth-order valence-corrected chi connectivity index (χ4v) is 2.64. The molecule has 3 nitrogen and oxygen atoms in total. The molecular weight excluding hydrogens is 268 g/mol. The number of rotatable bonds is 4. The Balaban J connectivity index is 2.38. The second-order valence-corrected chi connectivity index (χ2v) is 5.62. The number of anilines is 1. The topological polar surface area (TPSA) is 59.0 Å². The van der Waals surface area contributed by atoms with Gasteiger partial charge in [0, 0.05) is 4.90 Å². The predicted molar refractivity (Wildman–Crippen MR) is 83.2 cm³/mol. The van der Waals surface area contributed by atoms with Gasteiger partial charge in [0.1, 0.15) is 23.1 Å². The highest BCUT2D eigenvalue weighted by molar-refractivity contribution is 7.99. The summed E-state index contributed by atoms with van der Waals surface area (Å²) in [4.78, 5) is 0.929. The summed E-state index contributed by atoms with van der Waals surface area (Å²) in [5.74, 6) is 2.03. The number of nitriles is 1. The van der Waals surface area contributed by atoms with E-state index in [0.717, 1.165) is 16.2 Å². The van der Waals surface area contributed by atoms with E-state index in [1.165, 1.54) is 0 Å². The first-order valence-electron chi connectivity index (χ1n) is 6.35. The molecule has 0 amide bonds. The minimum atomic E-state index is 0.543. The highest BCUT2D eigenvalue weighted by atomic mass is 32.2. The summed E-state index contributed by atoms with van der Waals surface area (Å²) in [6, 6.07) is 13.4. The van der Waals surface area contributed by atoms with E-state index in [1.54, 1.807) is 17.8 Å². The molecular formula is C16H16N2OS. The molecule has 4 heteroatoms. The van der Waals surface area contributed by atoms with Crippen molar-refractivity contribution in [3.63, 3.8) is 0 Å². The third kappa shape index (κ3) is 3.06. The summed E-state index contributed by atoms with van der Waals surface area (Å²) < 4.78 is 5.81. The molecule has 0 saturated carbocycles. The molecule has 0 fully saturated rings. The van der Waals surface area contributed by atoms with Crippen molar-refractivity contribution in [2.75, 3.05) is 11.5 Å². The molecule has 0 bridgehead atoms. The van der Waals surface area contributed by atoms with Crippen LogP contribution in [-0.2, 0) is 0 Å². The van der Waals surface area contributed by atoms with E-state index >= 15 is 0 Å². The number of nitrogen functional groups attached to an aromatic ring is 1. The molecule has 0 spiro atoms. The lowest BCUT2D eigenvalue weighted by Gasteiger charge is -2.12. The maximum absolute atomic E-state index is 9.34. The van der Waals surface area contributed by atoms with Crippen molar-refractivity contribution < 1.29 is 4.74 Å². The van der Waals surface area contributed by atoms with Gasteiger partial charge >= 0.3 is 0 Å². The van der Waals surface area contributed by atoms with Gasteiger partial charge in [-0.05, 0) is 42.5 Å². The van der Waals surface area contributed by atoms with Crippen molar-refractivity contribution in [2.45, 2.75) is 18.7 Å². The molecule has 2 aromatic carbocycles. The summed E-state index contributed by atoms with van der Waals surface area (Å²) in [7, 11) is 0. The van der Waals surface area contributed by atoms with Gasteiger partial charge in [-0.15, -0.1) is 11.8 Å². The first-order valence-corrected chi connectivity index (χ1v) is 7.34. The summed E-state index contributed by atoms with van der Waals surface area (Å²) >= 11 is 1.62. The van der Waals surface area contributed by atoms with Gasteiger partial charge in [-0.3, -0.25) is 0 Å². The average molecular weight is 284 g/mol. The fourth-order valence-electron chi connectivity index (χ4n) is 1.86. The molecule has 0 unspecified atom stereocenters. The molecule has 0 heterocycles. The molecule has 2 rings (SSSR count). The van der Waals surface area contributed by atoms with Gasteiger partial charge in [0.05, 0.1) is 5.69 Å². The third-order valence-corrected chi connectivity index (χ3v) is 3.72. The normalized spacial score (nSPS) is 10.1. The zero-order valence-electron chi connectivity index (χ0n) is 11.5. The highest BCUT2D eigenvalue weighted by Crippen LogP contribution is 2.34. The highest BCUT2D eigenvalue weighted by Gasteiger charge is 2.11. The van der Waals surface area contributed by atoms with Crippen LogP contribution in [-0.4, -0.2) is 5.75 Å². The summed E-state index contributed by atoms with van der Waals surface area (Å²) in [6.07, 6.45) is 0. The van der Waals surface area contributed by atoms with Crippen LogP contribution in [0.25, 0.3) is 0 Å². The molecule has 2 aromatic rings. The number of hydrogen-bond acceptors (Lipinski definition) is 4. The molecule has 0 aliphatic carbocycles. The molecule has 0 saturated heterocycles. The molecule has 2 N–H and O–H groups in total. The second-order valence-electron chi connectivity index (χ2n) is 4.32. The number of hydrogen-bond donors (Lipinski definition) is 1. The van der Waals surface area contributed by atoms with Gasteiger partial charge in [0.2, 0.25) is 0 Å². The Kier molecular flexibility index (Phi) is 4.54. The lowest BCUT2D eigenvalue weighted by Crippen LogP contribution is -1.95. The van der Waals surface area contributed by atoms with Crippen LogP contribution >= 0.6 is 11.8 Å². The van der Waals surface area contributed by atoms with Crippen molar-refractivity contribution in [3.8, 4) is 17.6 Å². The van der Waals surface area contributed by atoms with Gasteiger partial charge in [0.15, 0.2) is 0 Å².